The van der Waals surface area contributed by atoms with Crippen molar-refractivity contribution in [3.05, 3.63) is 53.3 Å². The fraction of sp³-hybridized carbons (Fsp3) is 0.143. The van der Waals surface area contributed by atoms with Crippen molar-refractivity contribution in [3.63, 3.8) is 0 Å². The standard InChI is InChI=1S/C14H14N2O2/c1-9-7-10(3-4-13(9)18-2)14(17)11-5-6-16-8-12(11)15/h3-8H,15H2,1-2H3. The summed E-state index contributed by atoms with van der Waals surface area (Å²) >= 11 is 0. The van der Waals surface area contributed by atoms with Gasteiger partial charge in [-0.3, -0.25) is 9.78 Å². The van der Waals surface area contributed by atoms with E-state index in [0.29, 0.717) is 16.8 Å². The van der Waals surface area contributed by atoms with E-state index < -0.39 is 0 Å². The van der Waals surface area contributed by atoms with E-state index >= 15 is 0 Å². The van der Waals surface area contributed by atoms with Gasteiger partial charge in [0, 0.05) is 17.3 Å². The summed E-state index contributed by atoms with van der Waals surface area (Å²) < 4.78 is 5.16. The number of anilines is 1. The van der Waals surface area contributed by atoms with Gasteiger partial charge in [-0.25, -0.2) is 0 Å². The number of ketones is 1. The minimum absolute atomic E-state index is 0.111. The van der Waals surface area contributed by atoms with Crippen molar-refractivity contribution in [3.8, 4) is 5.75 Å². The maximum Gasteiger partial charge on any atom is 0.195 e. The van der Waals surface area contributed by atoms with Crippen molar-refractivity contribution >= 4 is 11.5 Å². The van der Waals surface area contributed by atoms with Crippen molar-refractivity contribution in [1.29, 1.82) is 0 Å². The Morgan fingerprint density at radius 1 is 1.33 bits per heavy atom. The number of hydrogen-bond acceptors (Lipinski definition) is 4. The average Bonchev–Trinajstić information content (AvgIpc) is 2.38. The van der Waals surface area contributed by atoms with Crippen molar-refractivity contribution < 1.29 is 9.53 Å². The zero-order valence-corrected chi connectivity index (χ0v) is 10.3. The molecule has 0 saturated heterocycles. The van der Waals surface area contributed by atoms with Crippen LogP contribution < -0.4 is 10.5 Å². The number of pyridine rings is 1. The first-order valence-electron chi connectivity index (χ1n) is 5.52. The zero-order chi connectivity index (χ0) is 13.1. The molecule has 0 atom stereocenters. The lowest BCUT2D eigenvalue weighted by Gasteiger charge is -2.08. The van der Waals surface area contributed by atoms with Crippen LogP contribution in [0, 0.1) is 6.92 Å². The molecule has 1 heterocycles. The number of methoxy groups -OCH3 is 1. The van der Waals surface area contributed by atoms with Crippen LogP contribution in [0.4, 0.5) is 5.69 Å². The minimum atomic E-state index is -0.111. The van der Waals surface area contributed by atoms with Crippen LogP contribution in [0.15, 0.2) is 36.7 Å². The molecule has 4 heteroatoms. The summed E-state index contributed by atoms with van der Waals surface area (Å²) in [5.41, 5.74) is 8.10. The van der Waals surface area contributed by atoms with Crippen LogP contribution in [0.5, 0.6) is 5.75 Å². The number of aryl methyl sites for hydroxylation is 1. The molecule has 2 aromatic rings. The van der Waals surface area contributed by atoms with Crippen LogP contribution in [0.25, 0.3) is 0 Å². The number of carbonyl (C=O) groups is 1. The van der Waals surface area contributed by atoms with Gasteiger partial charge in [0.05, 0.1) is 19.0 Å². The molecule has 1 aromatic carbocycles. The smallest absolute Gasteiger partial charge is 0.195 e. The van der Waals surface area contributed by atoms with Crippen molar-refractivity contribution in [2.45, 2.75) is 6.92 Å². The van der Waals surface area contributed by atoms with Gasteiger partial charge in [0.25, 0.3) is 0 Å². The van der Waals surface area contributed by atoms with Crippen LogP contribution in [0.1, 0.15) is 21.5 Å². The van der Waals surface area contributed by atoms with E-state index in [2.05, 4.69) is 4.98 Å². The lowest BCUT2D eigenvalue weighted by atomic mass is 10.0. The van der Waals surface area contributed by atoms with Gasteiger partial charge in [0.2, 0.25) is 0 Å². The van der Waals surface area contributed by atoms with Gasteiger partial charge in [-0.15, -0.1) is 0 Å². The van der Waals surface area contributed by atoms with Crippen LogP contribution >= 0.6 is 0 Å². The van der Waals surface area contributed by atoms with Gasteiger partial charge in [0.1, 0.15) is 5.75 Å². The molecule has 0 radical (unpaired) electrons. The van der Waals surface area contributed by atoms with E-state index in [0.717, 1.165) is 11.3 Å². The third-order valence-electron chi connectivity index (χ3n) is 2.75. The number of rotatable bonds is 3. The van der Waals surface area contributed by atoms with Crippen molar-refractivity contribution in [1.82, 2.24) is 4.98 Å². The summed E-state index contributed by atoms with van der Waals surface area (Å²) in [7, 11) is 1.60. The maximum atomic E-state index is 12.3. The normalized spacial score (nSPS) is 10.1. The zero-order valence-electron chi connectivity index (χ0n) is 10.3. The predicted molar refractivity (Wildman–Crippen MR) is 69.8 cm³/mol. The third kappa shape index (κ3) is 2.18. The first-order chi connectivity index (χ1) is 8.63. The summed E-state index contributed by atoms with van der Waals surface area (Å²) in [5.74, 6) is 0.648. The SMILES string of the molecule is COc1ccc(C(=O)c2ccncc2N)cc1C. The van der Waals surface area contributed by atoms with Gasteiger partial charge in [-0.1, -0.05) is 0 Å². The molecule has 0 aliphatic carbocycles. The highest BCUT2D eigenvalue weighted by atomic mass is 16.5. The number of hydrogen-bond donors (Lipinski definition) is 1. The molecule has 2 N–H and O–H groups in total. The van der Waals surface area contributed by atoms with E-state index in [1.165, 1.54) is 6.20 Å². The quantitative estimate of drug-likeness (QED) is 0.838. The van der Waals surface area contributed by atoms with E-state index in [-0.39, 0.29) is 5.78 Å². The average molecular weight is 242 g/mol. The second-order valence-electron chi connectivity index (χ2n) is 3.98. The number of nitrogen functional groups attached to an aromatic ring is 1. The number of aromatic nitrogens is 1. The predicted octanol–water partition coefficient (Wildman–Crippen LogP) is 2.21. The van der Waals surface area contributed by atoms with Gasteiger partial charge in [0.15, 0.2) is 5.78 Å². The highest BCUT2D eigenvalue weighted by molar-refractivity contribution is 6.12. The fourth-order valence-electron chi connectivity index (χ4n) is 1.79. The number of ether oxygens (including phenoxy) is 1. The molecular weight excluding hydrogens is 228 g/mol. The first kappa shape index (κ1) is 12.1. The Labute approximate surface area is 105 Å². The molecule has 2 rings (SSSR count). The Morgan fingerprint density at radius 2 is 2.11 bits per heavy atom. The number of nitrogens with zero attached hydrogens (tertiary/aromatic N) is 1. The lowest BCUT2D eigenvalue weighted by molar-refractivity contribution is 0.103. The van der Waals surface area contributed by atoms with Gasteiger partial charge in [-0.05, 0) is 36.8 Å². The number of benzene rings is 1. The summed E-state index contributed by atoms with van der Waals surface area (Å²) in [6.45, 7) is 1.89. The Morgan fingerprint density at radius 3 is 2.72 bits per heavy atom. The van der Waals surface area contributed by atoms with Crippen molar-refractivity contribution in [2.24, 2.45) is 0 Å². The molecule has 4 nitrogen and oxygen atoms in total. The highest BCUT2D eigenvalue weighted by Gasteiger charge is 2.13. The first-order valence-corrected chi connectivity index (χ1v) is 5.52. The maximum absolute atomic E-state index is 12.3. The number of carbonyl (C=O) groups excluding carboxylic acids is 1. The summed E-state index contributed by atoms with van der Waals surface area (Å²) in [6, 6.07) is 6.92. The molecule has 92 valence electrons. The summed E-state index contributed by atoms with van der Waals surface area (Å²) in [5, 5.41) is 0. The van der Waals surface area contributed by atoms with E-state index in [1.807, 2.05) is 6.92 Å². The minimum Gasteiger partial charge on any atom is -0.496 e. The van der Waals surface area contributed by atoms with E-state index in [4.69, 9.17) is 10.5 Å². The molecule has 0 spiro atoms. The van der Waals surface area contributed by atoms with E-state index in [1.54, 1.807) is 37.6 Å². The Bertz CT molecular complexity index is 594. The fourth-order valence-corrected chi connectivity index (χ4v) is 1.79. The molecular formula is C14H14N2O2. The second kappa shape index (κ2) is 4.87. The molecule has 0 unspecified atom stereocenters. The topological polar surface area (TPSA) is 65.2 Å². The Hall–Kier alpha value is -2.36. The Balaban J connectivity index is 2.41. The Kier molecular flexibility index (Phi) is 3.28. The molecule has 0 fully saturated rings. The van der Waals surface area contributed by atoms with Gasteiger partial charge in [-0.2, -0.15) is 0 Å². The van der Waals surface area contributed by atoms with E-state index in [9.17, 15) is 4.79 Å². The van der Waals surface area contributed by atoms with Gasteiger partial charge < -0.3 is 10.5 Å². The summed E-state index contributed by atoms with van der Waals surface area (Å²) in [4.78, 5) is 16.1. The third-order valence-corrected chi connectivity index (χ3v) is 2.75. The molecule has 18 heavy (non-hydrogen) atoms. The van der Waals surface area contributed by atoms with Crippen LogP contribution in [0.2, 0.25) is 0 Å². The van der Waals surface area contributed by atoms with Gasteiger partial charge >= 0.3 is 0 Å². The molecule has 0 aliphatic heterocycles. The second-order valence-corrected chi connectivity index (χ2v) is 3.98. The molecule has 0 bridgehead atoms. The largest absolute Gasteiger partial charge is 0.496 e. The molecule has 0 saturated carbocycles. The molecule has 1 aromatic heterocycles. The summed E-state index contributed by atoms with van der Waals surface area (Å²) in [6.07, 6.45) is 3.03. The molecule has 0 amide bonds. The number of nitrogens with two attached hydrogens (primary N) is 1. The van der Waals surface area contributed by atoms with Crippen LogP contribution in [-0.2, 0) is 0 Å². The molecule has 0 aliphatic rings. The van der Waals surface area contributed by atoms with Crippen LogP contribution in [0.3, 0.4) is 0 Å². The van der Waals surface area contributed by atoms with Crippen molar-refractivity contribution in [2.75, 3.05) is 12.8 Å². The lowest BCUT2D eigenvalue weighted by Crippen LogP contribution is -2.06. The monoisotopic (exact) mass is 242 g/mol. The van der Waals surface area contributed by atoms with Crippen LogP contribution in [-0.4, -0.2) is 17.9 Å². The highest BCUT2D eigenvalue weighted by Crippen LogP contribution is 2.21.